The van der Waals surface area contributed by atoms with Gasteiger partial charge >= 0.3 is 0 Å². The molecule has 0 aromatic heterocycles. The Morgan fingerprint density at radius 1 is 1.20 bits per heavy atom. The number of amides is 1. The molecule has 1 heterocycles. The second-order valence-corrected chi connectivity index (χ2v) is 6.48. The standard InChI is InChI=1S/C21H23NO3/c1-3-5-17(13-23)22-12-19-18(21(22)24)6-4-7-20(19)25-14-16-10-8-15(2)9-11-16/h4,6-11,13,17H,3,5,12,14H2,1-2H3. The van der Waals surface area contributed by atoms with Crippen molar-refractivity contribution in [1.29, 1.82) is 0 Å². The monoisotopic (exact) mass is 337 g/mol. The van der Waals surface area contributed by atoms with Gasteiger partial charge in [0.15, 0.2) is 0 Å². The zero-order valence-corrected chi connectivity index (χ0v) is 14.7. The number of aryl methyl sites for hydroxylation is 1. The Kier molecular flexibility index (Phi) is 5.17. The minimum atomic E-state index is -0.366. The zero-order chi connectivity index (χ0) is 17.8. The highest BCUT2D eigenvalue weighted by atomic mass is 16.5. The predicted octanol–water partition coefficient (Wildman–Crippen LogP) is 3.90. The molecule has 0 fully saturated rings. The van der Waals surface area contributed by atoms with E-state index in [1.54, 1.807) is 4.90 Å². The average molecular weight is 337 g/mol. The van der Waals surface area contributed by atoms with Crippen LogP contribution in [-0.4, -0.2) is 23.1 Å². The number of nitrogens with zero attached hydrogens (tertiary/aromatic N) is 1. The molecular weight excluding hydrogens is 314 g/mol. The molecular formula is C21H23NO3. The molecule has 1 aliphatic heterocycles. The van der Waals surface area contributed by atoms with Gasteiger partial charge in [-0.1, -0.05) is 49.2 Å². The third-order valence-electron chi connectivity index (χ3n) is 4.61. The maximum Gasteiger partial charge on any atom is 0.255 e. The number of rotatable bonds is 7. The van der Waals surface area contributed by atoms with Crippen LogP contribution in [0.3, 0.4) is 0 Å². The predicted molar refractivity (Wildman–Crippen MR) is 96.6 cm³/mol. The number of aldehydes is 1. The first-order chi connectivity index (χ1) is 12.1. The smallest absolute Gasteiger partial charge is 0.255 e. The lowest BCUT2D eigenvalue weighted by atomic mass is 10.1. The SMILES string of the molecule is CCCC(C=O)N1Cc2c(OCc3ccc(C)cc3)cccc2C1=O. The summed E-state index contributed by atoms with van der Waals surface area (Å²) in [6.07, 6.45) is 2.42. The van der Waals surface area contributed by atoms with Gasteiger partial charge in [0, 0.05) is 11.1 Å². The molecule has 1 amide bonds. The summed E-state index contributed by atoms with van der Waals surface area (Å²) in [5.41, 5.74) is 3.81. The lowest BCUT2D eigenvalue weighted by Gasteiger charge is -2.22. The quantitative estimate of drug-likeness (QED) is 0.720. The van der Waals surface area contributed by atoms with E-state index in [2.05, 4.69) is 19.1 Å². The van der Waals surface area contributed by atoms with Crippen molar-refractivity contribution in [3.05, 3.63) is 64.7 Å². The summed E-state index contributed by atoms with van der Waals surface area (Å²) in [6.45, 7) is 4.95. The van der Waals surface area contributed by atoms with Crippen molar-refractivity contribution in [2.24, 2.45) is 0 Å². The molecule has 0 N–H and O–H groups in total. The van der Waals surface area contributed by atoms with Gasteiger partial charge in [-0.25, -0.2) is 0 Å². The fourth-order valence-corrected chi connectivity index (χ4v) is 3.17. The maximum absolute atomic E-state index is 12.6. The van der Waals surface area contributed by atoms with Crippen LogP contribution in [0.5, 0.6) is 5.75 Å². The fraction of sp³-hybridized carbons (Fsp3) is 0.333. The molecule has 1 unspecified atom stereocenters. The topological polar surface area (TPSA) is 46.6 Å². The lowest BCUT2D eigenvalue weighted by molar-refractivity contribution is -0.112. The number of benzene rings is 2. The van der Waals surface area contributed by atoms with Crippen LogP contribution in [0, 0.1) is 6.92 Å². The third kappa shape index (κ3) is 3.58. The van der Waals surface area contributed by atoms with Gasteiger partial charge < -0.3 is 14.4 Å². The van der Waals surface area contributed by atoms with Crippen LogP contribution in [-0.2, 0) is 17.9 Å². The summed E-state index contributed by atoms with van der Waals surface area (Å²) in [5, 5.41) is 0. The van der Waals surface area contributed by atoms with E-state index in [-0.39, 0.29) is 11.9 Å². The van der Waals surface area contributed by atoms with Gasteiger partial charge in [0.1, 0.15) is 18.6 Å². The van der Waals surface area contributed by atoms with Crippen molar-refractivity contribution < 1.29 is 14.3 Å². The zero-order valence-electron chi connectivity index (χ0n) is 14.7. The number of fused-ring (bicyclic) bond motifs is 1. The van der Waals surface area contributed by atoms with Crippen LogP contribution < -0.4 is 4.74 Å². The first-order valence-corrected chi connectivity index (χ1v) is 8.70. The Hall–Kier alpha value is -2.62. The van der Waals surface area contributed by atoms with E-state index < -0.39 is 0 Å². The van der Waals surface area contributed by atoms with Gasteiger partial charge in [-0.05, 0) is 31.0 Å². The fourth-order valence-electron chi connectivity index (χ4n) is 3.17. The summed E-state index contributed by atoms with van der Waals surface area (Å²) >= 11 is 0. The first kappa shape index (κ1) is 17.2. The molecule has 130 valence electrons. The number of ether oxygens (including phenoxy) is 1. The van der Waals surface area contributed by atoms with Crippen molar-refractivity contribution in [1.82, 2.24) is 4.90 Å². The normalized spacial score (nSPS) is 14.3. The Balaban J connectivity index is 1.78. The second kappa shape index (κ2) is 7.51. The van der Waals surface area contributed by atoms with Crippen molar-refractivity contribution in [2.75, 3.05) is 0 Å². The van der Waals surface area contributed by atoms with Crippen LogP contribution in [0.1, 0.15) is 46.8 Å². The molecule has 4 nitrogen and oxygen atoms in total. The summed E-state index contributed by atoms with van der Waals surface area (Å²) in [4.78, 5) is 25.7. The first-order valence-electron chi connectivity index (χ1n) is 8.70. The molecule has 0 aliphatic carbocycles. The maximum atomic E-state index is 12.6. The largest absolute Gasteiger partial charge is 0.489 e. The Bertz CT molecular complexity index is 767. The van der Waals surface area contributed by atoms with Crippen LogP contribution >= 0.6 is 0 Å². The highest BCUT2D eigenvalue weighted by molar-refractivity contribution is 6.00. The molecule has 0 saturated heterocycles. The summed E-state index contributed by atoms with van der Waals surface area (Å²) < 4.78 is 5.98. The van der Waals surface area contributed by atoms with Crippen molar-refractivity contribution in [3.63, 3.8) is 0 Å². The Labute approximate surface area is 148 Å². The van der Waals surface area contributed by atoms with Crippen molar-refractivity contribution in [3.8, 4) is 5.75 Å². The molecule has 1 aliphatic rings. The average Bonchev–Trinajstić information content (AvgIpc) is 2.97. The van der Waals surface area contributed by atoms with Gasteiger partial charge in [-0.3, -0.25) is 4.79 Å². The lowest BCUT2D eigenvalue weighted by Crippen LogP contribution is -2.36. The van der Waals surface area contributed by atoms with E-state index in [1.165, 1.54) is 5.56 Å². The number of hydrogen-bond acceptors (Lipinski definition) is 3. The van der Waals surface area contributed by atoms with E-state index >= 15 is 0 Å². The van der Waals surface area contributed by atoms with Crippen LogP contribution in [0.15, 0.2) is 42.5 Å². The highest BCUT2D eigenvalue weighted by Crippen LogP contribution is 2.33. The molecule has 1 atom stereocenters. The number of hydrogen-bond donors (Lipinski definition) is 0. The second-order valence-electron chi connectivity index (χ2n) is 6.48. The molecule has 25 heavy (non-hydrogen) atoms. The molecule has 3 rings (SSSR count). The van der Waals surface area contributed by atoms with E-state index in [9.17, 15) is 9.59 Å². The van der Waals surface area contributed by atoms with Crippen LogP contribution in [0.2, 0.25) is 0 Å². The van der Waals surface area contributed by atoms with Gasteiger partial charge in [0.25, 0.3) is 5.91 Å². The Morgan fingerprint density at radius 2 is 1.96 bits per heavy atom. The highest BCUT2D eigenvalue weighted by Gasteiger charge is 2.34. The molecule has 0 spiro atoms. The van der Waals surface area contributed by atoms with Gasteiger partial charge in [0.05, 0.1) is 12.6 Å². The van der Waals surface area contributed by atoms with E-state index in [0.29, 0.717) is 25.1 Å². The van der Waals surface area contributed by atoms with Gasteiger partial charge in [-0.15, -0.1) is 0 Å². The summed E-state index contributed by atoms with van der Waals surface area (Å²) in [5.74, 6) is 0.636. The third-order valence-corrected chi connectivity index (χ3v) is 4.61. The summed E-state index contributed by atoms with van der Waals surface area (Å²) in [6, 6.07) is 13.4. The molecule has 2 aromatic carbocycles. The van der Waals surface area contributed by atoms with E-state index in [1.807, 2.05) is 37.3 Å². The van der Waals surface area contributed by atoms with Gasteiger partial charge in [-0.2, -0.15) is 0 Å². The van der Waals surface area contributed by atoms with Crippen LogP contribution in [0.4, 0.5) is 0 Å². The molecule has 0 bridgehead atoms. The summed E-state index contributed by atoms with van der Waals surface area (Å²) in [7, 11) is 0. The van der Waals surface area contributed by atoms with Crippen molar-refractivity contribution >= 4 is 12.2 Å². The van der Waals surface area contributed by atoms with E-state index in [0.717, 1.165) is 29.6 Å². The van der Waals surface area contributed by atoms with Gasteiger partial charge in [0.2, 0.25) is 0 Å². The number of carbonyl (C=O) groups excluding carboxylic acids is 2. The van der Waals surface area contributed by atoms with E-state index in [4.69, 9.17) is 4.74 Å². The molecule has 0 radical (unpaired) electrons. The van der Waals surface area contributed by atoms with Crippen LogP contribution in [0.25, 0.3) is 0 Å². The minimum Gasteiger partial charge on any atom is -0.489 e. The van der Waals surface area contributed by atoms with Crippen molar-refractivity contribution in [2.45, 2.75) is 45.9 Å². The Morgan fingerprint density at radius 3 is 2.64 bits per heavy atom. The molecule has 4 heteroatoms. The number of carbonyl (C=O) groups is 2. The molecule has 2 aromatic rings. The molecule has 0 saturated carbocycles. The minimum absolute atomic E-state index is 0.0821.